The summed E-state index contributed by atoms with van der Waals surface area (Å²) in [6.45, 7) is 0. The molecular weight excluding hydrogens is 563 g/mol. The number of nitriles is 1. The van der Waals surface area contributed by atoms with E-state index in [1.165, 1.54) is 18.2 Å². The third kappa shape index (κ3) is 3.77. The number of rotatable bonds is 4. The van der Waals surface area contributed by atoms with Gasteiger partial charge in [0.2, 0.25) is 0 Å². The molecule has 0 amide bonds. The van der Waals surface area contributed by atoms with Gasteiger partial charge in [0.25, 0.3) is 9.84 Å². The fourth-order valence-corrected chi connectivity index (χ4v) is 5.52. The zero-order chi connectivity index (χ0) is 22.4. The van der Waals surface area contributed by atoms with Crippen molar-refractivity contribution in [2.75, 3.05) is 0 Å². The number of hydrogen-bond acceptors (Lipinski definition) is 3. The lowest BCUT2D eigenvalue weighted by Crippen LogP contribution is -2.56. The van der Waals surface area contributed by atoms with Gasteiger partial charge < -0.3 is 0 Å². The highest BCUT2D eigenvalue weighted by Crippen LogP contribution is 2.52. The highest BCUT2D eigenvalue weighted by Gasteiger charge is 2.78. The quantitative estimate of drug-likeness (QED) is 0.406. The molecule has 0 unspecified atom stereocenters. The van der Waals surface area contributed by atoms with Gasteiger partial charge in [0.15, 0.2) is 0 Å². The zero-order valence-corrected chi connectivity index (χ0v) is 17.5. The minimum Gasteiger partial charge on any atom is -0.217 e. The third-order valence-electron chi connectivity index (χ3n) is 3.68. The van der Waals surface area contributed by atoms with Crippen LogP contribution in [0.1, 0.15) is 5.56 Å². The number of hydrogen-bond donors (Lipinski definition) is 0. The van der Waals surface area contributed by atoms with Crippen LogP contribution in [0.25, 0.3) is 11.1 Å². The Balaban J connectivity index is 2.94. The first kappa shape index (κ1) is 23.6. The van der Waals surface area contributed by atoms with Gasteiger partial charge >= 0.3 is 17.4 Å². The van der Waals surface area contributed by atoms with Gasteiger partial charge in [0.1, 0.15) is 0 Å². The highest BCUT2D eigenvalue weighted by molar-refractivity contribution is 9.11. The molecule has 0 saturated heterocycles. The summed E-state index contributed by atoms with van der Waals surface area (Å²) in [7, 11) is -6.60. The number of nitrogens with zero attached hydrogens (tertiary/aromatic N) is 1. The molecule has 2 aromatic rings. The average Bonchev–Trinajstić information content (AvgIpc) is 2.59. The van der Waals surface area contributed by atoms with E-state index in [9.17, 15) is 44.4 Å². The molecule has 0 atom stereocenters. The molecule has 0 N–H and O–H groups in total. The predicted octanol–water partition coefficient (Wildman–Crippen LogP) is 6.31. The summed E-state index contributed by atoms with van der Waals surface area (Å²) < 4.78 is 117. The highest BCUT2D eigenvalue weighted by atomic mass is 79.9. The second kappa shape index (κ2) is 7.55. The molecule has 0 saturated carbocycles. The average molecular weight is 569 g/mol. The van der Waals surface area contributed by atoms with Gasteiger partial charge in [-0.15, -0.1) is 0 Å². The summed E-state index contributed by atoms with van der Waals surface area (Å²) in [5, 5.41) is 2.64. The van der Waals surface area contributed by atoms with Crippen molar-refractivity contribution in [1.82, 2.24) is 0 Å². The minimum absolute atomic E-state index is 0.202. The van der Waals surface area contributed by atoms with E-state index >= 15 is 0 Å². The van der Waals surface area contributed by atoms with Crippen molar-refractivity contribution in [2.24, 2.45) is 0 Å². The maximum absolute atomic E-state index is 14.1. The Hall–Kier alpha value is -1.65. The third-order valence-corrected chi connectivity index (χ3v) is 6.60. The van der Waals surface area contributed by atoms with E-state index in [2.05, 4.69) is 31.9 Å². The first-order valence-corrected chi connectivity index (χ1v) is 10.2. The van der Waals surface area contributed by atoms with Crippen molar-refractivity contribution in [1.29, 1.82) is 5.26 Å². The first-order chi connectivity index (χ1) is 13.1. The van der Waals surface area contributed by atoms with E-state index in [1.54, 1.807) is 6.07 Å². The number of benzene rings is 2. The van der Waals surface area contributed by atoms with Crippen LogP contribution in [0.4, 0.5) is 30.7 Å². The number of halogens is 9. The molecule has 0 spiro atoms. The van der Waals surface area contributed by atoms with E-state index in [0.717, 1.165) is 12.1 Å². The molecule has 13 heteroatoms. The Morgan fingerprint density at radius 3 is 2.00 bits per heavy atom. The Kier molecular flexibility index (Phi) is 6.15. The number of sulfone groups is 1. The molecule has 0 heterocycles. The van der Waals surface area contributed by atoms with Gasteiger partial charge in [-0.1, -0.05) is 50.1 Å². The van der Waals surface area contributed by atoms with Gasteiger partial charge in [-0.3, -0.25) is 0 Å². The molecule has 0 aliphatic heterocycles. The molecule has 156 valence electrons. The molecule has 3 nitrogen and oxygen atoms in total. The minimum atomic E-state index is -6.88. The van der Waals surface area contributed by atoms with E-state index in [4.69, 9.17) is 0 Å². The monoisotopic (exact) mass is 567 g/mol. The molecule has 0 aromatic heterocycles. The van der Waals surface area contributed by atoms with Crippen LogP contribution in [0.15, 0.2) is 50.2 Å². The first-order valence-electron chi connectivity index (χ1n) is 7.15. The number of alkyl halides is 7. The summed E-state index contributed by atoms with van der Waals surface area (Å²) in [5.41, 5.74) is -1.15. The lowest BCUT2D eigenvalue weighted by atomic mass is 10.0. The summed E-state index contributed by atoms with van der Waals surface area (Å²) in [6, 6.07) is 8.25. The fourth-order valence-electron chi connectivity index (χ4n) is 2.29. The smallest absolute Gasteiger partial charge is 0.217 e. The Bertz CT molecular complexity index is 1110. The molecule has 2 aromatic carbocycles. The van der Waals surface area contributed by atoms with Gasteiger partial charge in [-0.2, -0.15) is 36.0 Å². The second-order valence-corrected chi connectivity index (χ2v) is 9.24. The van der Waals surface area contributed by atoms with Crippen molar-refractivity contribution in [2.45, 2.75) is 22.2 Å². The summed E-state index contributed by atoms with van der Waals surface area (Å²) in [5.74, 6) is -6.88. The molecule has 29 heavy (non-hydrogen) atoms. The van der Waals surface area contributed by atoms with Crippen LogP contribution < -0.4 is 0 Å². The van der Waals surface area contributed by atoms with Gasteiger partial charge in [0.05, 0.1) is 16.5 Å². The maximum Gasteiger partial charge on any atom is 0.461 e. The molecule has 0 bridgehead atoms. The van der Waals surface area contributed by atoms with Crippen LogP contribution in [0, 0.1) is 11.3 Å². The molecule has 2 rings (SSSR count). The van der Waals surface area contributed by atoms with Crippen LogP contribution in [0.2, 0.25) is 0 Å². The van der Waals surface area contributed by atoms with Gasteiger partial charge in [0, 0.05) is 20.1 Å². The van der Waals surface area contributed by atoms with E-state index < -0.39 is 37.6 Å². The zero-order valence-electron chi connectivity index (χ0n) is 13.5. The van der Waals surface area contributed by atoms with Gasteiger partial charge in [-0.25, -0.2) is 8.42 Å². The maximum atomic E-state index is 14.1. The van der Waals surface area contributed by atoms with E-state index in [1.807, 2.05) is 0 Å². The SMILES string of the molecule is N#Cc1ccccc1-c1c(Br)cc(Br)cc1S(=O)(=O)C(F)(F)C(F)(F)C(F)(F)F. The summed E-state index contributed by atoms with van der Waals surface area (Å²) in [4.78, 5) is -1.52. The van der Waals surface area contributed by atoms with Crippen molar-refractivity contribution < 1.29 is 39.2 Å². The molecule has 0 aliphatic rings. The van der Waals surface area contributed by atoms with Crippen molar-refractivity contribution in [3.63, 3.8) is 0 Å². The normalized spacial score (nSPS) is 13.2. The Morgan fingerprint density at radius 2 is 1.48 bits per heavy atom. The van der Waals surface area contributed by atoms with Crippen molar-refractivity contribution >= 4 is 41.7 Å². The Morgan fingerprint density at radius 1 is 0.931 bits per heavy atom. The van der Waals surface area contributed by atoms with Gasteiger partial charge in [-0.05, 0) is 18.2 Å². The lowest BCUT2D eigenvalue weighted by Gasteiger charge is -2.28. The Labute approximate surface area is 176 Å². The van der Waals surface area contributed by atoms with Crippen LogP contribution in [-0.4, -0.2) is 25.8 Å². The predicted molar refractivity (Wildman–Crippen MR) is 95.1 cm³/mol. The largest absolute Gasteiger partial charge is 0.461 e. The molecule has 0 radical (unpaired) electrons. The van der Waals surface area contributed by atoms with Crippen LogP contribution in [0.5, 0.6) is 0 Å². The van der Waals surface area contributed by atoms with Crippen LogP contribution in [-0.2, 0) is 9.84 Å². The fraction of sp³-hybridized carbons (Fsp3) is 0.188. The second-order valence-electron chi connectivity index (χ2n) is 5.51. The molecular formula is C16H6Br2F7NO2S. The van der Waals surface area contributed by atoms with Crippen molar-refractivity contribution in [3.05, 3.63) is 50.9 Å². The lowest BCUT2D eigenvalue weighted by molar-refractivity contribution is -0.332. The van der Waals surface area contributed by atoms with Crippen LogP contribution in [0.3, 0.4) is 0 Å². The van der Waals surface area contributed by atoms with Crippen LogP contribution >= 0.6 is 31.9 Å². The summed E-state index contributed by atoms with van der Waals surface area (Å²) in [6.07, 6.45) is -6.84. The van der Waals surface area contributed by atoms with E-state index in [-0.39, 0.29) is 20.1 Å². The van der Waals surface area contributed by atoms with Crippen molar-refractivity contribution in [3.8, 4) is 17.2 Å². The topological polar surface area (TPSA) is 57.9 Å². The van der Waals surface area contributed by atoms with E-state index in [0.29, 0.717) is 6.07 Å². The molecule has 0 aliphatic carbocycles. The standard InChI is InChI=1S/C16H6Br2F7NO2S/c17-9-5-11(18)13(10-4-2-1-3-8(10)7-26)12(6-9)29(27,28)16(24,25)14(19,20)15(21,22)23/h1-6H. The molecule has 0 fully saturated rings. The summed E-state index contributed by atoms with van der Waals surface area (Å²) >= 11 is 5.68.